The molecule has 2 atom stereocenters. The van der Waals surface area contributed by atoms with Gasteiger partial charge in [-0.1, -0.05) is 67.6 Å². The van der Waals surface area contributed by atoms with Gasteiger partial charge in [-0.05, 0) is 11.1 Å². The number of piperazine rings is 1. The van der Waals surface area contributed by atoms with Crippen molar-refractivity contribution in [3.8, 4) is 0 Å². The van der Waals surface area contributed by atoms with Gasteiger partial charge in [0.05, 0.1) is 6.04 Å². The van der Waals surface area contributed by atoms with Crippen LogP contribution in [0.1, 0.15) is 36.6 Å². The van der Waals surface area contributed by atoms with Crippen molar-refractivity contribution in [3.05, 3.63) is 71.8 Å². The van der Waals surface area contributed by atoms with E-state index in [2.05, 4.69) is 29.6 Å². The molecule has 1 heterocycles. The second-order valence-electron chi connectivity index (χ2n) is 5.70. The van der Waals surface area contributed by atoms with Crippen molar-refractivity contribution >= 4 is 5.91 Å². The third-order valence-corrected chi connectivity index (χ3v) is 4.32. The Morgan fingerprint density at radius 1 is 1.05 bits per heavy atom. The SMILES string of the molecule is CCC(=O)N1CC(c2ccccc2)NCC1c1ccccc1. The number of rotatable bonds is 3. The van der Waals surface area contributed by atoms with Gasteiger partial charge in [-0.15, -0.1) is 0 Å². The summed E-state index contributed by atoms with van der Waals surface area (Å²) >= 11 is 0. The number of nitrogens with zero attached hydrogens (tertiary/aromatic N) is 1. The monoisotopic (exact) mass is 294 g/mol. The summed E-state index contributed by atoms with van der Waals surface area (Å²) in [6.07, 6.45) is 0.546. The average Bonchev–Trinajstić information content (AvgIpc) is 2.62. The van der Waals surface area contributed by atoms with Crippen LogP contribution in [0.5, 0.6) is 0 Å². The minimum atomic E-state index is 0.119. The Balaban J connectivity index is 1.84. The minimum absolute atomic E-state index is 0.119. The maximum absolute atomic E-state index is 12.4. The highest BCUT2D eigenvalue weighted by Crippen LogP contribution is 2.29. The third-order valence-electron chi connectivity index (χ3n) is 4.32. The zero-order valence-electron chi connectivity index (χ0n) is 12.9. The Morgan fingerprint density at radius 3 is 2.23 bits per heavy atom. The molecule has 0 bridgehead atoms. The number of carbonyl (C=O) groups is 1. The zero-order chi connectivity index (χ0) is 15.4. The van der Waals surface area contributed by atoms with E-state index in [1.807, 2.05) is 48.2 Å². The molecule has 1 aliphatic heterocycles. The van der Waals surface area contributed by atoms with E-state index in [4.69, 9.17) is 0 Å². The van der Waals surface area contributed by atoms with Crippen molar-refractivity contribution in [1.29, 1.82) is 0 Å². The molecule has 0 aliphatic carbocycles. The van der Waals surface area contributed by atoms with Crippen molar-refractivity contribution < 1.29 is 4.79 Å². The Morgan fingerprint density at radius 2 is 1.64 bits per heavy atom. The molecular weight excluding hydrogens is 272 g/mol. The molecule has 3 rings (SSSR count). The molecule has 114 valence electrons. The fourth-order valence-corrected chi connectivity index (χ4v) is 3.11. The average molecular weight is 294 g/mol. The normalized spacial score (nSPS) is 21.6. The van der Waals surface area contributed by atoms with Gasteiger partial charge in [0.2, 0.25) is 5.91 Å². The van der Waals surface area contributed by atoms with E-state index in [0.717, 1.165) is 13.1 Å². The summed E-state index contributed by atoms with van der Waals surface area (Å²) in [5, 5.41) is 3.60. The lowest BCUT2D eigenvalue weighted by molar-refractivity contribution is -0.135. The molecule has 22 heavy (non-hydrogen) atoms. The van der Waals surface area contributed by atoms with Crippen molar-refractivity contribution in [2.24, 2.45) is 0 Å². The standard InChI is InChI=1S/C19H22N2O/c1-2-19(22)21-14-17(15-9-5-3-6-10-15)20-13-18(21)16-11-7-4-8-12-16/h3-12,17-18,20H,2,13-14H2,1H3. The molecule has 1 N–H and O–H groups in total. The number of carbonyl (C=O) groups excluding carboxylic acids is 1. The van der Waals surface area contributed by atoms with Gasteiger partial charge in [0, 0.05) is 25.6 Å². The van der Waals surface area contributed by atoms with Gasteiger partial charge in [-0.2, -0.15) is 0 Å². The van der Waals surface area contributed by atoms with E-state index in [-0.39, 0.29) is 18.0 Å². The molecule has 2 aromatic carbocycles. The Hall–Kier alpha value is -2.13. The van der Waals surface area contributed by atoms with E-state index in [1.54, 1.807) is 0 Å². The van der Waals surface area contributed by atoms with Crippen molar-refractivity contribution in [3.63, 3.8) is 0 Å². The first-order chi connectivity index (χ1) is 10.8. The Bertz CT molecular complexity index is 612. The van der Waals surface area contributed by atoms with Crippen LogP contribution < -0.4 is 5.32 Å². The molecule has 2 unspecified atom stereocenters. The molecule has 1 amide bonds. The lowest BCUT2D eigenvalue weighted by Gasteiger charge is -2.41. The third kappa shape index (κ3) is 3.04. The Kier molecular flexibility index (Phi) is 4.54. The van der Waals surface area contributed by atoms with Crippen LogP contribution in [0.4, 0.5) is 0 Å². The topological polar surface area (TPSA) is 32.3 Å². The highest BCUT2D eigenvalue weighted by Gasteiger charge is 2.31. The van der Waals surface area contributed by atoms with Gasteiger partial charge in [0.25, 0.3) is 0 Å². The highest BCUT2D eigenvalue weighted by molar-refractivity contribution is 5.76. The summed E-state index contributed by atoms with van der Waals surface area (Å²) < 4.78 is 0. The van der Waals surface area contributed by atoms with Crippen molar-refractivity contribution in [2.75, 3.05) is 13.1 Å². The molecule has 0 aromatic heterocycles. The molecule has 0 saturated carbocycles. The minimum Gasteiger partial charge on any atom is -0.332 e. The number of benzene rings is 2. The summed E-state index contributed by atoms with van der Waals surface area (Å²) in [4.78, 5) is 14.5. The number of hydrogen-bond donors (Lipinski definition) is 1. The smallest absolute Gasteiger partial charge is 0.222 e. The Labute approximate surface area is 132 Å². The van der Waals surface area contributed by atoms with Gasteiger partial charge in [0.1, 0.15) is 0 Å². The van der Waals surface area contributed by atoms with Crippen LogP contribution in [-0.4, -0.2) is 23.9 Å². The lowest BCUT2D eigenvalue weighted by Crippen LogP contribution is -2.50. The van der Waals surface area contributed by atoms with Crippen LogP contribution in [0.2, 0.25) is 0 Å². The number of nitrogens with one attached hydrogen (secondary N) is 1. The van der Waals surface area contributed by atoms with Gasteiger partial charge >= 0.3 is 0 Å². The van der Waals surface area contributed by atoms with Crippen LogP contribution in [0.3, 0.4) is 0 Å². The van der Waals surface area contributed by atoms with Crippen molar-refractivity contribution in [2.45, 2.75) is 25.4 Å². The molecule has 1 fully saturated rings. The molecule has 0 radical (unpaired) electrons. The van der Waals surface area contributed by atoms with Crippen LogP contribution in [0.15, 0.2) is 60.7 Å². The largest absolute Gasteiger partial charge is 0.332 e. The van der Waals surface area contributed by atoms with Crippen LogP contribution in [0, 0.1) is 0 Å². The molecule has 1 aliphatic rings. The number of amides is 1. The first-order valence-corrected chi connectivity index (χ1v) is 7.92. The molecule has 1 saturated heterocycles. The van der Waals surface area contributed by atoms with E-state index in [1.165, 1.54) is 11.1 Å². The van der Waals surface area contributed by atoms with E-state index in [0.29, 0.717) is 6.42 Å². The van der Waals surface area contributed by atoms with Crippen LogP contribution >= 0.6 is 0 Å². The summed E-state index contributed by atoms with van der Waals surface area (Å²) in [5.74, 6) is 0.219. The second kappa shape index (κ2) is 6.75. The zero-order valence-corrected chi connectivity index (χ0v) is 12.9. The van der Waals surface area contributed by atoms with Crippen LogP contribution in [-0.2, 0) is 4.79 Å². The molecule has 3 heteroatoms. The molecule has 2 aromatic rings. The number of hydrogen-bond acceptors (Lipinski definition) is 2. The predicted molar refractivity (Wildman–Crippen MR) is 88.4 cm³/mol. The maximum Gasteiger partial charge on any atom is 0.222 e. The van der Waals surface area contributed by atoms with Gasteiger partial charge in [-0.25, -0.2) is 0 Å². The first kappa shape index (κ1) is 14.8. The van der Waals surface area contributed by atoms with Gasteiger partial charge < -0.3 is 10.2 Å². The molecule has 0 spiro atoms. The summed E-state index contributed by atoms with van der Waals surface area (Å²) in [6, 6.07) is 21.0. The molecular formula is C19H22N2O. The first-order valence-electron chi connectivity index (χ1n) is 7.92. The van der Waals surface area contributed by atoms with Crippen molar-refractivity contribution in [1.82, 2.24) is 10.2 Å². The summed E-state index contributed by atoms with van der Waals surface area (Å²) in [7, 11) is 0. The van der Waals surface area contributed by atoms with Gasteiger partial charge in [-0.3, -0.25) is 4.79 Å². The highest BCUT2D eigenvalue weighted by atomic mass is 16.2. The second-order valence-corrected chi connectivity index (χ2v) is 5.70. The van der Waals surface area contributed by atoms with E-state index >= 15 is 0 Å². The van der Waals surface area contributed by atoms with Crippen LogP contribution in [0.25, 0.3) is 0 Å². The fraction of sp³-hybridized carbons (Fsp3) is 0.316. The van der Waals surface area contributed by atoms with E-state index in [9.17, 15) is 4.79 Å². The predicted octanol–water partition coefficient (Wildman–Crippen LogP) is 3.31. The molecule has 3 nitrogen and oxygen atoms in total. The summed E-state index contributed by atoms with van der Waals surface area (Å²) in [5.41, 5.74) is 2.44. The maximum atomic E-state index is 12.4. The fourth-order valence-electron chi connectivity index (χ4n) is 3.11. The van der Waals surface area contributed by atoms with E-state index < -0.39 is 0 Å². The quantitative estimate of drug-likeness (QED) is 0.942. The lowest BCUT2D eigenvalue weighted by atomic mass is 9.97. The van der Waals surface area contributed by atoms with Gasteiger partial charge in [0.15, 0.2) is 0 Å². The summed E-state index contributed by atoms with van der Waals surface area (Å²) in [6.45, 7) is 3.44.